The van der Waals surface area contributed by atoms with Crippen LogP contribution in [0.15, 0.2) is 42.7 Å². The largest absolute Gasteiger partial charge is 0.344 e. The molecule has 0 fully saturated rings. The molecular formula is C20H36N4. The van der Waals surface area contributed by atoms with E-state index >= 15 is 0 Å². The Morgan fingerprint density at radius 2 is 1.21 bits per heavy atom. The summed E-state index contributed by atoms with van der Waals surface area (Å²) in [6.07, 6.45) is 18.7. The second-order valence-corrected chi connectivity index (χ2v) is 6.07. The lowest BCUT2D eigenvalue weighted by Gasteiger charge is -2.03. The molecule has 0 aliphatic heterocycles. The SMILES string of the molecule is CCCCCCCCCCCCc1ccccc1.N.c1cn[nH]n1. The minimum absolute atomic E-state index is 0. The Hall–Kier alpha value is -1.68. The summed E-state index contributed by atoms with van der Waals surface area (Å²) < 4.78 is 0. The van der Waals surface area contributed by atoms with E-state index in [0.29, 0.717) is 0 Å². The predicted molar refractivity (Wildman–Crippen MR) is 103 cm³/mol. The Morgan fingerprint density at radius 1 is 0.708 bits per heavy atom. The van der Waals surface area contributed by atoms with E-state index < -0.39 is 0 Å². The number of hydrogen-bond donors (Lipinski definition) is 2. The highest BCUT2D eigenvalue weighted by molar-refractivity contribution is 5.14. The molecule has 0 radical (unpaired) electrons. The number of hydrogen-bond acceptors (Lipinski definition) is 3. The standard InChI is InChI=1S/C18H30.C2H3N3.H3N/c1-2-3-4-5-6-7-8-9-10-12-15-18-16-13-11-14-17-18;1-2-4-5-3-1;/h11,13-14,16-17H,2-10,12,15H2,1H3;1-2H,(H,3,4,5);1H3. The molecule has 1 heterocycles. The van der Waals surface area contributed by atoms with Crippen molar-refractivity contribution in [1.29, 1.82) is 0 Å². The van der Waals surface area contributed by atoms with Crippen LogP contribution in [0.4, 0.5) is 0 Å². The number of unbranched alkanes of at least 4 members (excludes halogenated alkanes) is 9. The molecule has 2 aromatic rings. The van der Waals surface area contributed by atoms with E-state index in [1.54, 1.807) is 12.4 Å². The summed E-state index contributed by atoms with van der Waals surface area (Å²) in [5.41, 5.74) is 1.50. The third-order valence-corrected chi connectivity index (χ3v) is 3.99. The molecule has 0 amide bonds. The second-order valence-electron chi connectivity index (χ2n) is 6.07. The lowest BCUT2D eigenvalue weighted by atomic mass is 10.0. The average molecular weight is 333 g/mol. The Kier molecular flexibility index (Phi) is 16.4. The van der Waals surface area contributed by atoms with Crippen molar-refractivity contribution < 1.29 is 0 Å². The highest BCUT2D eigenvalue weighted by Crippen LogP contribution is 2.12. The van der Waals surface area contributed by atoms with E-state index in [-0.39, 0.29) is 6.15 Å². The van der Waals surface area contributed by atoms with Crippen molar-refractivity contribution in [3.05, 3.63) is 48.3 Å². The smallest absolute Gasteiger partial charge is 0.0690 e. The van der Waals surface area contributed by atoms with Crippen LogP contribution >= 0.6 is 0 Å². The summed E-state index contributed by atoms with van der Waals surface area (Å²) in [5, 5.41) is 9.33. The lowest BCUT2D eigenvalue weighted by Crippen LogP contribution is -1.86. The van der Waals surface area contributed by atoms with Gasteiger partial charge < -0.3 is 6.15 Å². The van der Waals surface area contributed by atoms with Crippen molar-refractivity contribution in [2.24, 2.45) is 0 Å². The van der Waals surface area contributed by atoms with Crippen molar-refractivity contribution in [3.63, 3.8) is 0 Å². The Morgan fingerprint density at radius 3 is 1.67 bits per heavy atom. The van der Waals surface area contributed by atoms with E-state index in [4.69, 9.17) is 0 Å². The zero-order valence-electron chi connectivity index (χ0n) is 15.4. The number of rotatable bonds is 11. The van der Waals surface area contributed by atoms with Crippen molar-refractivity contribution in [2.45, 2.75) is 77.6 Å². The van der Waals surface area contributed by atoms with Crippen molar-refractivity contribution >= 4 is 0 Å². The number of aryl methyl sites for hydroxylation is 1. The predicted octanol–water partition coefficient (Wildman–Crippen LogP) is 6.12. The van der Waals surface area contributed by atoms with Gasteiger partial charge in [-0.25, -0.2) is 0 Å². The van der Waals surface area contributed by atoms with Crippen LogP contribution in [0.25, 0.3) is 0 Å². The zero-order valence-corrected chi connectivity index (χ0v) is 15.4. The molecule has 24 heavy (non-hydrogen) atoms. The summed E-state index contributed by atoms with van der Waals surface area (Å²) in [5.74, 6) is 0. The highest BCUT2D eigenvalue weighted by atomic mass is 15.3. The second kappa shape index (κ2) is 17.7. The maximum atomic E-state index is 3.49. The van der Waals surface area contributed by atoms with Crippen LogP contribution in [0.2, 0.25) is 0 Å². The normalized spacial score (nSPS) is 9.71. The van der Waals surface area contributed by atoms with Crippen LogP contribution in [0.3, 0.4) is 0 Å². The van der Waals surface area contributed by atoms with Crippen LogP contribution in [0.1, 0.15) is 76.7 Å². The lowest BCUT2D eigenvalue weighted by molar-refractivity contribution is 0.556. The average Bonchev–Trinajstić information content (AvgIpc) is 3.17. The van der Waals surface area contributed by atoms with Gasteiger partial charge in [0, 0.05) is 0 Å². The fraction of sp³-hybridized carbons (Fsp3) is 0.600. The van der Waals surface area contributed by atoms with E-state index in [1.165, 1.54) is 76.2 Å². The molecule has 1 aromatic heterocycles. The first-order valence-electron chi connectivity index (χ1n) is 9.27. The third kappa shape index (κ3) is 13.9. The van der Waals surface area contributed by atoms with Gasteiger partial charge in [0.25, 0.3) is 0 Å². The molecule has 136 valence electrons. The van der Waals surface area contributed by atoms with Gasteiger partial charge in [-0.05, 0) is 18.4 Å². The van der Waals surface area contributed by atoms with Crippen LogP contribution in [-0.2, 0) is 6.42 Å². The highest BCUT2D eigenvalue weighted by Gasteiger charge is 1.94. The topological polar surface area (TPSA) is 76.6 Å². The molecule has 0 saturated heterocycles. The molecule has 0 aliphatic carbocycles. The van der Waals surface area contributed by atoms with Gasteiger partial charge in [-0.1, -0.05) is 95.0 Å². The number of nitrogens with zero attached hydrogens (tertiary/aromatic N) is 2. The van der Waals surface area contributed by atoms with Crippen molar-refractivity contribution in [1.82, 2.24) is 21.6 Å². The minimum Gasteiger partial charge on any atom is -0.344 e. The Bertz CT molecular complexity index is 411. The van der Waals surface area contributed by atoms with Gasteiger partial charge in [-0.2, -0.15) is 15.4 Å². The Labute approximate surface area is 148 Å². The van der Waals surface area contributed by atoms with Crippen LogP contribution < -0.4 is 6.15 Å². The fourth-order valence-corrected chi connectivity index (χ4v) is 2.63. The zero-order chi connectivity index (χ0) is 16.4. The van der Waals surface area contributed by atoms with Gasteiger partial charge in [0.2, 0.25) is 0 Å². The van der Waals surface area contributed by atoms with Gasteiger partial charge in [0.15, 0.2) is 0 Å². The molecule has 0 spiro atoms. The molecule has 0 saturated carbocycles. The van der Waals surface area contributed by atoms with Crippen molar-refractivity contribution in [3.8, 4) is 0 Å². The third-order valence-electron chi connectivity index (χ3n) is 3.99. The quantitative estimate of drug-likeness (QED) is 0.487. The van der Waals surface area contributed by atoms with Crippen LogP contribution in [0.5, 0.6) is 0 Å². The van der Waals surface area contributed by atoms with Gasteiger partial charge >= 0.3 is 0 Å². The molecule has 0 bridgehead atoms. The van der Waals surface area contributed by atoms with Gasteiger partial charge in [0.05, 0.1) is 12.4 Å². The molecule has 0 atom stereocenters. The number of H-pyrrole nitrogens is 1. The van der Waals surface area contributed by atoms with E-state index in [0.717, 1.165) is 0 Å². The maximum Gasteiger partial charge on any atom is 0.0690 e. The molecule has 4 heteroatoms. The molecule has 0 unspecified atom stereocenters. The molecule has 4 nitrogen and oxygen atoms in total. The summed E-state index contributed by atoms with van der Waals surface area (Å²) in [6.45, 7) is 2.28. The number of nitrogens with one attached hydrogen (secondary N) is 1. The number of benzene rings is 1. The molecule has 0 aliphatic rings. The molecule has 1 aromatic carbocycles. The summed E-state index contributed by atoms with van der Waals surface area (Å²) >= 11 is 0. The molecule has 2 rings (SSSR count). The molecular weight excluding hydrogens is 296 g/mol. The van der Waals surface area contributed by atoms with E-state index in [9.17, 15) is 0 Å². The van der Waals surface area contributed by atoms with E-state index in [1.807, 2.05) is 0 Å². The first kappa shape index (κ1) is 22.3. The first-order chi connectivity index (χ1) is 11.4. The molecule has 4 N–H and O–H groups in total. The van der Waals surface area contributed by atoms with Gasteiger partial charge in [0.1, 0.15) is 0 Å². The van der Waals surface area contributed by atoms with Crippen molar-refractivity contribution in [2.75, 3.05) is 0 Å². The Balaban J connectivity index is 0.000000751. The first-order valence-corrected chi connectivity index (χ1v) is 9.27. The van der Waals surface area contributed by atoms with Gasteiger partial charge in [-0.3, -0.25) is 0 Å². The monoisotopic (exact) mass is 332 g/mol. The van der Waals surface area contributed by atoms with Gasteiger partial charge in [-0.15, -0.1) is 0 Å². The summed E-state index contributed by atoms with van der Waals surface area (Å²) in [6, 6.07) is 10.9. The van der Waals surface area contributed by atoms with Crippen LogP contribution in [-0.4, -0.2) is 15.4 Å². The number of aromatic amines is 1. The maximum absolute atomic E-state index is 3.49. The fourth-order valence-electron chi connectivity index (χ4n) is 2.63. The van der Waals surface area contributed by atoms with E-state index in [2.05, 4.69) is 52.7 Å². The summed E-state index contributed by atoms with van der Waals surface area (Å²) in [7, 11) is 0. The summed E-state index contributed by atoms with van der Waals surface area (Å²) in [4.78, 5) is 0. The number of aromatic nitrogens is 3. The van der Waals surface area contributed by atoms with Crippen LogP contribution in [0, 0.1) is 0 Å². The minimum atomic E-state index is 0.